The summed E-state index contributed by atoms with van der Waals surface area (Å²) in [6, 6.07) is 2.90. The van der Waals surface area contributed by atoms with Crippen LogP contribution < -0.4 is 5.32 Å². The Kier molecular flexibility index (Phi) is 4.81. The van der Waals surface area contributed by atoms with Gasteiger partial charge in [-0.2, -0.15) is 5.10 Å². The van der Waals surface area contributed by atoms with Crippen LogP contribution in [0.1, 0.15) is 18.9 Å². The van der Waals surface area contributed by atoms with E-state index in [-0.39, 0.29) is 24.4 Å². The second-order valence-electron chi connectivity index (χ2n) is 5.08. The molecule has 0 saturated heterocycles. The molecule has 2 N–H and O–H groups in total. The van der Waals surface area contributed by atoms with Gasteiger partial charge in [-0.05, 0) is 13.0 Å². The van der Waals surface area contributed by atoms with Gasteiger partial charge < -0.3 is 10.4 Å². The van der Waals surface area contributed by atoms with Crippen molar-refractivity contribution in [2.45, 2.75) is 25.5 Å². The van der Waals surface area contributed by atoms with Crippen molar-refractivity contribution in [2.24, 2.45) is 0 Å². The minimum atomic E-state index is -1.64. The van der Waals surface area contributed by atoms with Crippen LogP contribution in [0.3, 0.4) is 0 Å². The third kappa shape index (κ3) is 4.08. The second-order valence-corrected chi connectivity index (χ2v) is 5.08. The number of hydrogen-bond acceptors (Lipinski definition) is 4. The fourth-order valence-electron chi connectivity index (χ4n) is 1.94. The third-order valence-electron chi connectivity index (χ3n) is 3.18. The number of rotatable bonds is 6. The quantitative estimate of drug-likeness (QED) is 0.833. The van der Waals surface area contributed by atoms with E-state index in [1.807, 2.05) is 0 Å². The number of aromatic nitrogens is 3. The lowest BCUT2D eigenvalue weighted by molar-refractivity contribution is -0.122. The molecule has 1 aromatic heterocycles. The molecule has 0 spiro atoms. The van der Waals surface area contributed by atoms with Gasteiger partial charge in [0.2, 0.25) is 5.91 Å². The number of aliphatic hydroxyl groups is 1. The summed E-state index contributed by atoms with van der Waals surface area (Å²) >= 11 is 0. The topological polar surface area (TPSA) is 80.0 Å². The van der Waals surface area contributed by atoms with Gasteiger partial charge in [0.05, 0.1) is 13.1 Å². The van der Waals surface area contributed by atoms with E-state index >= 15 is 0 Å². The number of nitrogens with zero attached hydrogens (tertiary/aromatic N) is 3. The summed E-state index contributed by atoms with van der Waals surface area (Å²) in [5.41, 5.74) is -1.72. The van der Waals surface area contributed by atoms with Crippen LogP contribution in [0, 0.1) is 11.6 Å². The third-order valence-corrected chi connectivity index (χ3v) is 3.18. The normalized spacial score (nSPS) is 13.6. The Hall–Kier alpha value is -2.35. The summed E-state index contributed by atoms with van der Waals surface area (Å²) in [5, 5.41) is 16.6. The Morgan fingerprint density at radius 1 is 1.45 bits per heavy atom. The molecular weight excluding hydrogens is 294 g/mol. The van der Waals surface area contributed by atoms with Crippen molar-refractivity contribution < 1.29 is 18.7 Å². The van der Waals surface area contributed by atoms with Crippen LogP contribution in [0.15, 0.2) is 30.9 Å². The molecule has 0 aliphatic rings. The largest absolute Gasteiger partial charge is 0.383 e. The highest BCUT2D eigenvalue weighted by molar-refractivity contribution is 5.75. The maximum atomic E-state index is 13.7. The van der Waals surface area contributed by atoms with Crippen molar-refractivity contribution in [2.75, 3.05) is 6.54 Å². The molecule has 0 saturated carbocycles. The maximum absolute atomic E-state index is 13.7. The van der Waals surface area contributed by atoms with E-state index in [4.69, 9.17) is 0 Å². The SMILES string of the molecule is CC(O)(CNC(=O)CCn1cncn1)c1ccc(F)cc1F. The summed E-state index contributed by atoms with van der Waals surface area (Å²) < 4.78 is 28.1. The molecule has 22 heavy (non-hydrogen) atoms. The fraction of sp³-hybridized carbons (Fsp3) is 0.357. The van der Waals surface area contributed by atoms with Crippen LogP contribution >= 0.6 is 0 Å². The standard InChI is InChI=1S/C14H16F2N4O2/c1-14(22,11-3-2-10(15)6-12(11)16)7-18-13(21)4-5-20-9-17-8-19-20/h2-3,6,8-9,22H,4-5,7H2,1H3,(H,18,21). The highest BCUT2D eigenvalue weighted by Gasteiger charge is 2.27. The number of benzene rings is 1. The van der Waals surface area contributed by atoms with E-state index in [1.165, 1.54) is 24.3 Å². The van der Waals surface area contributed by atoms with Gasteiger partial charge in [0.15, 0.2) is 0 Å². The number of nitrogens with one attached hydrogen (secondary N) is 1. The van der Waals surface area contributed by atoms with Crippen LogP contribution in [0.2, 0.25) is 0 Å². The lowest BCUT2D eigenvalue weighted by atomic mass is 9.95. The number of aryl methyl sites for hydroxylation is 1. The van der Waals surface area contributed by atoms with Crippen molar-refractivity contribution in [1.29, 1.82) is 0 Å². The first-order chi connectivity index (χ1) is 10.4. The predicted molar refractivity (Wildman–Crippen MR) is 73.6 cm³/mol. The molecule has 6 nitrogen and oxygen atoms in total. The van der Waals surface area contributed by atoms with Gasteiger partial charge in [0.25, 0.3) is 0 Å². The lowest BCUT2D eigenvalue weighted by Gasteiger charge is -2.24. The summed E-state index contributed by atoms with van der Waals surface area (Å²) in [5.74, 6) is -1.91. The number of halogens is 2. The molecule has 1 atom stereocenters. The minimum absolute atomic E-state index is 0.0783. The van der Waals surface area contributed by atoms with Crippen LogP contribution in [0.25, 0.3) is 0 Å². The van der Waals surface area contributed by atoms with E-state index in [0.29, 0.717) is 12.6 Å². The van der Waals surface area contributed by atoms with Gasteiger partial charge in [-0.25, -0.2) is 13.8 Å². The van der Waals surface area contributed by atoms with E-state index in [2.05, 4.69) is 15.4 Å². The molecule has 8 heteroatoms. The second kappa shape index (κ2) is 6.61. The van der Waals surface area contributed by atoms with Gasteiger partial charge >= 0.3 is 0 Å². The molecule has 0 fully saturated rings. The van der Waals surface area contributed by atoms with Gasteiger partial charge in [-0.1, -0.05) is 6.07 Å². The van der Waals surface area contributed by atoms with E-state index in [0.717, 1.165) is 12.1 Å². The Balaban J connectivity index is 1.90. The first kappa shape index (κ1) is 16.0. The average Bonchev–Trinajstić information content (AvgIpc) is 2.96. The molecule has 2 rings (SSSR count). The minimum Gasteiger partial charge on any atom is -0.383 e. The first-order valence-electron chi connectivity index (χ1n) is 6.65. The van der Waals surface area contributed by atoms with E-state index in [9.17, 15) is 18.7 Å². The molecule has 1 amide bonds. The Bertz CT molecular complexity index is 644. The van der Waals surface area contributed by atoms with Crippen molar-refractivity contribution in [3.05, 3.63) is 48.1 Å². The smallest absolute Gasteiger partial charge is 0.221 e. The summed E-state index contributed by atoms with van der Waals surface area (Å²) in [6.07, 6.45) is 2.99. The number of hydrogen-bond donors (Lipinski definition) is 2. The Labute approximate surface area is 125 Å². The zero-order chi connectivity index (χ0) is 16.2. The van der Waals surface area contributed by atoms with Gasteiger partial charge in [-0.15, -0.1) is 0 Å². The van der Waals surface area contributed by atoms with Gasteiger partial charge in [0.1, 0.15) is 29.9 Å². The van der Waals surface area contributed by atoms with Crippen molar-refractivity contribution in [1.82, 2.24) is 20.1 Å². The van der Waals surface area contributed by atoms with Gasteiger partial charge in [0, 0.05) is 18.1 Å². The number of amides is 1. The zero-order valence-corrected chi connectivity index (χ0v) is 12.0. The molecule has 2 aromatic rings. The molecule has 0 radical (unpaired) electrons. The summed E-state index contributed by atoms with van der Waals surface area (Å²) in [6.45, 7) is 1.51. The molecule has 1 heterocycles. The van der Waals surface area contributed by atoms with Crippen LogP contribution in [0.5, 0.6) is 0 Å². The number of carbonyl (C=O) groups excluding carboxylic acids is 1. The molecule has 1 unspecified atom stereocenters. The van der Waals surface area contributed by atoms with Crippen molar-refractivity contribution >= 4 is 5.91 Å². The van der Waals surface area contributed by atoms with Crippen LogP contribution in [0.4, 0.5) is 8.78 Å². The van der Waals surface area contributed by atoms with Gasteiger partial charge in [-0.3, -0.25) is 9.48 Å². The van der Waals surface area contributed by atoms with Crippen LogP contribution in [-0.2, 0) is 16.9 Å². The van der Waals surface area contributed by atoms with Crippen LogP contribution in [-0.4, -0.2) is 32.3 Å². The summed E-state index contributed by atoms with van der Waals surface area (Å²) in [7, 11) is 0. The molecule has 118 valence electrons. The zero-order valence-electron chi connectivity index (χ0n) is 12.0. The average molecular weight is 310 g/mol. The molecule has 0 aliphatic heterocycles. The lowest BCUT2D eigenvalue weighted by Crippen LogP contribution is -2.39. The monoisotopic (exact) mass is 310 g/mol. The maximum Gasteiger partial charge on any atom is 0.221 e. The highest BCUT2D eigenvalue weighted by atomic mass is 19.1. The highest BCUT2D eigenvalue weighted by Crippen LogP contribution is 2.23. The summed E-state index contributed by atoms with van der Waals surface area (Å²) in [4.78, 5) is 15.5. The van der Waals surface area contributed by atoms with E-state index in [1.54, 1.807) is 0 Å². The van der Waals surface area contributed by atoms with E-state index < -0.39 is 17.2 Å². The van der Waals surface area contributed by atoms with Crippen molar-refractivity contribution in [3.63, 3.8) is 0 Å². The Morgan fingerprint density at radius 2 is 2.23 bits per heavy atom. The molecule has 0 bridgehead atoms. The molecule has 1 aromatic carbocycles. The molecule has 0 aliphatic carbocycles. The fourth-order valence-corrected chi connectivity index (χ4v) is 1.94. The molecular formula is C14H16F2N4O2. The Morgan fingerprint density at radius 3 is 2.86 bits per heavy atom. The van der Waals surface area contributed by atoms with Crippen molar-refractivity contribution in [3.8, 4) is 0 Å². The first-order valence-corrected chi connectivity index (χ1v) is 6.65. The number of carbonyl (C=O) groups is 1. The predicted octanol–water partition coefficient (Wildman–Crippen LogP) is 0.970.